The molecule has 9 rings (SSSR count). The second-order valence-corrected chi connectivity index (χ2v) is 13.6. The van der Waals surface area contributed by atoms with Gasteiger partial charge < -0.3 is 9.67 Å². The standard InChI is InChI=1S/C42H36N2O2/c1-25-17-19-29-21-35(43(39(25)29)23-31-13-7-11-27-9-3-5-15-33(27)31)37-41(45)38(42(37)46)36-22-30-20-18-26(2)40(30)44(36)24-32-14-8-12-28-10-4-6-16-34(28)32/h3-16,21-22,25-26H,17-20,23-24H2,1-2H3/p+1. The molecule has 5 aromatic rings. The van der Waals surface area contributed by atoms with Crippen molar-refractivity contribution in [3.05, 3.63) is 148 Å². The highest BCUT2D eigenvalue weighted by Gasteiger charge is 2.47. The predicted octanol–water partition coefficient (Wildman–Crippen LogP) is 9.02. The second-order valence-electron chi connectivity index (χ2n) is 13.6. The summed E-state index contributed by atoms with van der Waals surface area (Å²) in [5.74, 6) is 0.893. The normalized spacial score (nSPS) is 22.2. The number of rotatable bonds is 5. The number of ketones is 1. The van der Waals surface area contributed by atoms with E-state index in [-0.39, 0.29) is 11.5 Å². The highest BCUT2D eigenvalue weighted by atomic mass is 16.3. The highest BCUT2D eigenvalue weighted by Crippen LogP contribution is 2.46. The molecule has 0 spiro atoms. The molecule has 4 aliphatic rings. The van der Waals surface area contributed by atoms with Crippen LogP contribution in [-0.2, 0) is 24.3 Å². The largest absolute Gasteiger partial charge is 0.506 e. The quantitative estimate of drug-likeness (QED) is 0.161. The molecular formula is C42H37N2O2+. The average molecular weight is 602 g/mol. The molecule has 1 saturated carbocycles. The summed E-state index contributed by atoms with van der Waals surface area (Å²) in [6.07, 6.45) is 6.42. The van der Waals surface area contributed by atoms with Crippen molar-refractivity contribution in [3.63, 3.8) is 0 Å². The third-order valence-electron chi connectivity index (χ3n) is 10.9. The first-order chi connectivity index (χ1) is 22.5. The Labute approximate surface area is 269 Å². The number of carbonyl (C=O) groups is 1. The van der Waals surface area contributed by atoms with Crippen molar-refractivity contribution in [2.24, 2.45) is 5.92 Å². The number of hydrogen-bond donors (Lipinski definition) is 1. The molecule has 0 radical (unpaired) electrons. The van der Waals surface area contributed by atoms with Gasteiger partial charge in [-0.2, -0.15) is 4.58 Å². The van der Waals surface area contributed by atoms with E-state index in [0.717, 1.165) is 37.1 Å². The molecule has 1 fully saturated rings. The van der Waals surface area contributed by atoms with E-state index in [1.165, 1.54) is 55.2 Å². The number of aryl methyl sites for hydroxylation is 1. The van der Waals surface area contributed by atoms with Gasteiger partial charge in [-0.15, -0.1) is 0 Å². The number of aliphatic hydroxyl groups is 1. The van der Waals surface area contributed by atoms with Crippen LogP contribution in [-0.4, -0.2) is 25.7 Å². The summed E-state index contributed by atoms with van der Waals surface area (Å²) in [5, 5.41) is 16.8. The Bertz CT molecular complexity index is 2260. The number of fused-ring (bicyclic) bond motifs is 4. The van der Waals surface area contributed by atoms with Gasteiger partial charge in [0.05, 0.1) is 11.3 Å². The third kappa shape index (κ3) is 3.99. The molecule has 0 bridgehead atoms. The maximum Gasteiger partial charge on any atom is 0.221 e. The monoisotopic (exact) mass is 601 g/mol. The van der Waals surface area contributed by atoms with Crippen LogP contribution in [0, 0.1) is 5.92 Å². The van der Waals surface area contributed by atoms with Gasteiger partial charge in [0, 0.05) is 35.4 Å². The number of Topliss-reactive ketones (excluding diaryl/α,β-unsaturated/α-hetero) is 1. The smallest absolute Gasteiger partial charge is 0.221 e. The SMILES string of the molecule is CC1CCC2=C/C(=C3\C(=O)C(c4cc5c(n4Cc4cccc6ccccc46)C(C)CC5)=C3O)[N+](Cc3cccc4ccccc34)=C21. The van der Waals surface area contributed by atoms with Crippen molar-refractivity contribution in [2.45, 2.75) is 58.5 Å². The number of aliphatic hydroxyl groups excluding tert-OH is 1. The summed E-state index contributed by atoms with van der Waals surface area (Å²) in [5.41, 5.74) is 10.3. The summed E-state index contributed by atoms with van der Waals surface area (Å²) < 4.78 is 4.65. The van der Waals surface area contributed by atoms with Gasteiger partial charge in [0.25, 0.3) is 0 Å². The lowest BCUT2D eigenvalue weighted by Crippen LogP contribution is -2.28. The first-order valence-corrected chi connectivity index (χ1v) is 16.7. The summed E-state index contributed by atoms with van der Waals surface area (Å²) in [4.78, 5) is 14.3. The number of allylic oxidation sites excluding steroid dienone is 4. The molecular weight excluding hydrogens is 564 g/mol. The molecule has 0 amide bonds. The maximum absolute atomic E-state index is 14.3. The number of hydrogen-bond acceptors (Lipinski definition) is 2. The minimum Gasteiger partial charge on any atom is -0.506 e. The zero-order valence-electron chi connectivity index (χ0n) is 26.4. The maximum atomic E-state index is 14.3. The lowest BCUT2D eigenvalue weighted by Gasteiger charge is -2.24. The lowest BCUT2D eigenvalue weighted by molar-refractivity contribution is -0.488. The van der Waals surface area contributed by atoms with E-state index in [1.807, 2.05) is 0 Å². The fourth-order valence-electron chi connectivity index (χ4n) is 8.66. The van der Waals surface area contributed by atoms with Crippen molar-refractivity contribution < 1.29 is 14.5 Å². The molecule has 2 heterocycles. The molecule has 1 aromatic heterocycles. The van der Waals surface area contributed by atoms with Crippen LogP contribution in [0.4, 0.5) is 0 Å². The van der Waals surface area contributed by atoms with Crippen LogP contribution in [0.5, 0.6) is 0 Å². The Kier molecular flexibility index (Phi) is 6.12. The van der Waals surface area contributed by atoms with Crippen molar-refractivity contribution >= 4 is 38.6 Å². The molecule has 4 heteroatoms. The predicted molar refractivity (Wildman–Crippen MR) is 185 cm³/mol. The molecule has 3 aliphatic carbocycles. The summed E-state index contributed by atoms with van der Waals surface area (Å²) in [7, 11) is 0. The third-order valence-corrected chi connectivity index (χ3v) is 10.9. The van der Waals surface area contributed by atoms with Crippen LogP contribution >= 0.6 is 0 Å². The minimum atomic E-state index is -0.0523. The minimum absolute atomic E-state index is 0.0523. The van der Waals surface area contributed by atoms with Gasteiger partial charge in [-0.1, -0.05) is 98.8 Å². The fraction of sp³-hybridized carbons (Fsp3) is 0.238. The van der Waals surface area contributed by atoms with Crippen LogP contribution in [0.25, 0.3) is 27.1 Å². The first kappa shape index (κ1) is 27.4. The molecule has 2 atom stereocenters. The number of carbonyl (C=O) groups excluding carboxylic acids is 1. The Hall–Kier alpha value is -4.96. The van der Waals surface area contributed by atoms with E-state index in [1.54, 1.807) is 0 Å². The Morgan fingerprint density at radius 3 is 2.17 bits per heavy atom. The summed E-state index contributed by atoms with van der Waals surface area (Å²) in [6, 6.07) is 32.1. The van der Waals surface area contributed by atoms with Gasteiger partial charge in [-0.05, 0) is 70.3 Å². The Balaban J connectivity index is 1.17. The number of nitrogens with zero attached hydrogens (tertiary/aromatic N) is 2. The van der Waals surface area contributed by atoms with Crippen molar-refractivity contribution in [1.29, 1.82) is 0 Å². The first-order valence-electron chi connectivity index (χ1n) is 16.7. The molecule has 46 heavy (non-hydrogen) atoms. The lowest BCUT2D eigenvalue weighted by atomic mass is 9.84. The van der Waals surface area contributed by atoms with Gasteiger partial charge in [-0.25, -0.2) is 0 Å². The zero-order valence-corrected chi connectivity index (χ0v) is 26.4. The van der Waals surface area contributed by atoms with E-state index in [2.05, 4.69) is 120 Å². The van der Waals surface area contributed by atoms with E-state index >= 15 is 0 Å². The van der Waals surface area contributed by atoms with Crippen molar-refractivity contribution in [3.8, 4) is 0 Å². The van der Waals surface area contributed by atoms with Crippen LogP contribution in [0.2, 0.25) is 0 Å². The van der Waals surface area contributed by atoms with Crippen LogP contribution in [0.1, 0.15) is 67.1 Å². The van der Waals surface area contributed by atoms with E-state index in [9.17, 15) is 9.90 Å². The van der Waals surface area contributed by atoms with E-state index < -0.39 is 0 Å². The Morgan fingerprint density at radius 1 is 0.783 bits per heavy atom. The molecule has 226 valence electrons. The molecule has 0 saturated heterocycles. The van der Waals surface area contributed by atoms with Gasteiger partial charge >= 0.3 is 0 Å². The van der Waals surface area contributed by atoms with E-state index in [0.29, 0.717) is 36.1 Å². The molecule has 4 nitrogen and oxygen atoms in total. The molecule has 4 aromatic carbocycles. The molecule has 2 unspecified atom stereocenters. The van der Waals surface area contributed by atoms with Gasteiger partial charge in [0.15, 0.2) is 12.3 Å². The summed E-state index contributed by atoms with van der Waals surface area (Å²) in [6.45, 7) is 5.90. The molecule has 1 aliphatic heterocycles. The average Bonchev–Trinajstić information content (AvgIpc) is 3.81. The number of benzene rings is 4. The highest BCUT2D eigenvalue weighted by molar-refractivity contribution is 6.39. The van der Waals surface area contributed by atoms with Crippen LogP contribution < -0.4 is 0 Å². The fourth-order valence-corrected chi connectivity index (χ4v) is 8.66. The van der Waals surface area contributed by atoms with E-state index in [4.69, 9.17) is 0 Å². The zero-order chi connectivity index (χ0) is 31.1. The Morgan fingerprint density at radius 2 is 1.43 bits per heavy atom. The summed E-state index contributed by atoms with van der Waals surface area (Å²) >= 11 is 0. The molecule has 1 N–H and O–H groups in total. The second kappa shape index (κ2) is 10.3. The van der Waals surface area contributed by atoms with Gasteiger partial charge in [-0.3, -0.25) is 4.79 Å². The van der Waals surface area contributed by atoms with Crippen LogP contribution in [0.3, 0.4) is 0 Å². The topological polar surface area (TPSA) is 45.2 Å². The van der Waals surface area contributed by atoms with Gasteiger partial charge in [0.1, 0.15) is 11.3 Å². The van der Waals surface area contributed by atoms with Crippen LogP contribution in [0.15, 0.2) is 120 Å². The van der Waals surface area contributed by atoms with Crippen molar-refractivity contribution in [1.82, 2.24) is 4.57 Å². The van der Waals surface area contributed by atoms with Crippen molar-refractivity contribution in [2.75, 3.05) is 0 Å². The van der Waals surface area contributed by atoms with Gasteiger partial charge in [0.2, 0.25) is 11.5 Å². The number of aromatic nitrogens is 1.